The van der Waals surface area contributed by atoms with Gasteiger partial charge in [0.2, 0.25) is 0 Å². The summed E-state index contributed by atoms with van der Waals surface area (Å²) in [6.07, 6.45) is 5.60. The molecule has 1 aliphatic rings. The molecule has 0 bridgehead atoms. The number of aromatic nitrogens is 2. The van der Waals surface area contributed by atoms with Crippen LogP contribution in [0, 0.1) is 12.8 Å². The van der Waals surface area contributed by atoms with Crippen molar-refractivity contribution in [2.24, 2.45) is 5.92 Å². The number of aryl methyl sites for hydroxylation is 1. The highest BCUT2D eigenvalue weighted by atomic mass is 16.5. The van der Waals surface area contributed by atoms with Crippen LogP contribution in [0.2, 0.25) is 0 Å². The second-order valence-electron chi connectivity index (χ2n) is 5.63. The van der Waals surface area contributed by atoms with Crippen LogP contribution in [0.3, 0.4) is 0 Å². The van der Waals surface area contributed by atoms with E-state index >= 15 is 0 Å². The van der Waals surface area contributed by atoms with Crippen molar-refractivity contribution in [2.45, 2.75) is 25.8 Å². The lowest BCUT2D eigenvalue weighted by molar-refractivity contribution is 0.0925. The maximum absolute atomic E-state index is 12.5. The third-order valence-corrected chi connectivity index (χ3v) is 3.83. The smallest absolute Gasteiger partial charge is 0.270 e. The zero-order chi connectivity index (χ0) is 15.5. The quantitative estimate of drug-likeness (QED) is 0.921. The maximum Gasteiger partial charge on any atom is 0.270 e. The average Bonchev–Trinajstić information content (AvgIpc) is 3.37. The van der Waals surface area contributed by atoms with E-state index in [1.165, 1.54) is 0 Å². The van der Waals surface area contributed by atoms with Gasteiger partial charge in [-0.15, -0.1) is 0 Å². The largest absolute Gasteiger partial charge is 0.497 e. The molecule has 1 saturated carbocycles. The van der Waals surface area contributed by atoms with Crippen LogP contribution in [0.15, 0.2) is 36.7 Å². The maximum atomic E-state index is 12.5. The molecule has 5 nitrogen and oxygen atoms in total. The highest BCUT2D eigenvalue weighted by Gasteiger charge is 2.34. The minimum absolute atomic E-state index is 0.0552. The van der Waals surface area contributed by atoms with E-state index < -0.39 is 0 Å². The number of carbonyl (C=O) groups excluding carboxylic acids is 1. The first-order valence-corrected chi connectivity index (χ1v) is 7.41. The Bertz CT molecular complexity index is 683. The van der Waals surface area contributed by atoms with Gasteiger partial charge in [0.05, 0.1) is 18.8 Å². The zero-order valence-electron chi connectivity index (χ0n) is 12.7. The Kier molecular flexibility index (Phi) is 4.04. The predicted octanol–water partition coefficient (Wildman–Crippen LogP) is 2.67. The molecule has 2 aromatic heterocycles. The number of carbonyl (C=O) groups is 1. The fraction of sp³-hybridized carbons (Fsp3) is 0.353. The van der Waals surface area contributed by atoms with E-state index in [-0.39, 0.29) is 11.9 Å². The standard InChI is InChI=1S/C17H19N3O2/c1-11-5-7-18-14(9-11)16(12-3-4-12)20-17(21)15-10-13(22-2)6-8-19-15/h5-10,12,16H,3-4H2,1-2H3,(H,20,21)/t16-/m0/s1. The fourth-order valence-corrected chi connectivity index (χ4v) is 2.47. The molecule has 1 amide bonds. The van der Waals surface area contributed by atoms with Crippen LogP contribution in [0.5, 0.6) is 5.75 Å². The minimum Gasteiger partial charge on any atom is -0.497 e. The van der Waals surface area contributed by atoms with E-state index in [9.17, 15) is 4.79 Å². The van der Waals surface area contributed by atoms with Gasteiger partial charge in [0.15, 0.2) is 0 Å². The number of ether oxygens (including phenoxy) is 1. The molecule has 0 spiro atoms. The van der Waals surface area contributed by atoms with Crippen molar-refractivity contribution < 1.29 is 9.53 Å². The number of hydrogen-bond acceptors (Lipinski definition) is 4. The summed E-state index contributed by atoms with van der Waals surface area (Å²) in [5, 5.41) is 3.07. The second-order valence-corrected chi connectivity index (χ2v) is 5.63. The molecule has 2 aromatic rings. The molecule has 0 aromatic carbocycles. The Morgan fingerprint density at radius 3 is 2.73 bits per heavy atom. The molecule has 114 valence electrons. The summed E-state index contributed by atoms with van der Waals surface area (Å²) in [6, 6.07) is 7.29. The fourth-order valence-electron chi connectivity index (χ4n) is 2.47. The molecule has 0 saturated heterocycles. The van der Waals surface area contributed by atoms with Crippen molar-refractivity contribution in [3.05, 3.63) is 53.6 Å². The lowest BCUT2D eigenvalue weighted by Crippen LogP contribution is -2.31. The molecule has 1 atom stereocenters. The molecule has 1 fully saturated rings. The van der Waals surface area contributed by atoms with Gasteiger partial charge in [0.1, 0.15) is 11.4 Å². The first kappa shape index (κ1) is 14.5. The molecule has 5 heteroatoms. The Balaban J connectivity index is 1.80. The molecule has 1 aliphatic carbocycles. The first-order chi connectivity index (χ1) is 10.7. The summed E-state index contributed by atoms with van der Waals surface area (Å²) in [7, 11) is 1.57. The summed E-state index contributed by atoms with van der Waals surface area (Å²) in [6.45, 7) is 2.03. The van der Waals surface area contributed by atoms with Crippen LogP contribution < -0.4 is 10.1 Å². The van der Waals surface area contributed by atoms with Gasteiger partial charge in [-0.1, -0.05) is 0 Å². The van der Waals surface area contributed by atoms with E-state index in [4.69, 9.17) is 4.74 Å². The highest BCUT2D eigenvalue weighted by Crippen LogP contribution is 2.40. The van der Waals surface area contributed by atoms with Crippen molar-refractivity contribution in [1.29, 1.82) is 0 Å². The number of rotatable bonds is 5. The van der Waals surface area contributed by atoms with E-state index in [0.29, 0.717) is 17.4 Å². The summed E-state index contributed by atoms with van der Waals surface area (Å²) in [5.74, 6) is 0.889. The average molecular weight is 297 g/mol. The summed E-state index contributed by atoms with van der Waals surface area (Å²) in [5.41, 5.74) is 2.42. The Labute approximate surface area is 129 Å². The van der Waals surface area contributed by atoms with Crippen molar-refractivity contribution in [2.75, 3.05) is 7.11 Å². The van der Waals surface area contributed by atoms with Crippen molar-refractivity contribution >= 4 is 5.91 Å². The van der Waals surface area contributed by atoms with Gasteiger partial charge < -0.3 is 10.1 Å². The topological polar surface area (TPSA) is 64.1 Å². The summed E-state index contributed by atoms with van der Waals surface area (Å²) >= 11 is 0. The highest BCUT2D eigenvalue weighted by molar-refractivity contribution is 5.92. The SMILES string of the molecule is COc1ccnc(C(=O)N[C@H](c2cc(C)ccn2)C2CC2)c1. The Hall–Kier alpha value is -2.43. The predicted molar refractivity (Wildman–Crippen MR) is 82.7 cm³/mol. The second kappa shape index (κ2) is 6.13. The van der Waals surface area contributed by atoms with E-state index in [0.717, 1.165) is 24.1 Å². The van der Waals surface area contributed by atoms with Crippen LogP contribution >= 0.6 is 0 Å². The van der Waals surface area contributed by atoms with Crippen LogP contribution in [-0.4, -0.2) is 23.0 Å². The van der Waals surface area contributed by atoms with Gasteiger partial charge in [-0.05, 0) is 49.4 Å². The number of amides is 1. The van der Waals surface area contributed by atoms with Gasteiger partial charge in [0.25, 0.3) is 5.91 Å². The monoisotopic (exact) mass is 297 g/mol. The first-order valence-electron chi connectivity index (χ1n) is 7.41. The van der Waals surface area contributed by atoms with Gasteiger partial charge >= 0.3 is 0 Å². The minimum atomic E-state index is -0.195. The Morgan fingerprint density at radius 1 is 1.27 bits per heavy atom. The van der Waals surface area contributed by atoms with Crippen LogP contribution in [-0.2, 0) is 0 Å². The van der Waals surface area contributed by atoms with Crippen LogP contribution in [0.1, 0.15) is 40.6 Å². The van der Waals surface area contributed by atoms with E-state index in [1.54, 1.807) is 31.6 Å². The molecule has 3 rings (SSSR count). The normalized spacial score (nSPS) is 15.2. The molecule has 2 heterocycles. The molecule has 22 heavy (non-hydrogen) atoms. The van der Waals surface area contributed by atoms with Crippen molar-refractivity contribution in [1.82, 2.24) is 15.3 Å². The van der Waals surface area contributed by atoms with Gasteiger partial charge in [-0.2, -0.15) is 0 Å². The lowest BCUT2D eigenvalue weighted by atomic mass is 10.1. The van der Waals surface area contributed by atoms with Gasteiger partial charge in [-0.25, -0.2) is 0 Å². The summed E-state index contributed by atoms with van der Waals surface area (Å²) < 4.78 is 5.14. The van der Waals surface area contributed by atoms with E-state index in [2.05, 4.69) is 15.3 Å². The number of methoxy groups -OCH3 is 1. The third-order valence-electron chi connectivity index (χ3n) is 3.83. The van der Waals surface area contributed by atoms with Crippen LogP contribution in [0.25, 0.3) is 0 Å². The number of pyridine rings is 2. The third kappa shape index (κ3) is 3.24. The zero-order valence-corrected chi connectivity index (χ0v) is 12.7. The lowest BCUT2D eigenvalue weighted by Gasteiger charge is -2.18. The molecule has 0 aliphatic heterocycles. The number of hydrogen-bond donors (Lipinski definition) is 1. The molecular formula is C17H19N3O2. The van der Waals surface area contributed by atoms with Crippen LogP contribution in [0.4, 0.5) is 0 Å². The van der Waals surface area contributed by atoms with Gasteiger partial charge in [-0.3, -0.25) is 14.8 Å². The summed E-state index contributed by atoms with van der Waals surface area (Å²) in [4.78, 5) is 21.0. The Morgan fingerprint density at radius 2 is 2.05 bits per heavy atom. The van der Waals surface area contributed by atoms with Crippen molar-refractivity contribution in [3.63, 3.8) is 0 Å². The van der Waals surface area contributed by atoms with Gasteiger partial charge in [0, 0.05) is 18.5 Å². The number of nitrogens with one attached hydrogen (secondary N) is 1. The van der Waals surface area contributed by atoms with E-state index in [1.807, 2.05) is 19.1 Å². The van der Waals surface area contributed by atoms with Crippen molar-refractivity contribution in [3.8, 4) is 5.75 Å². The molecule has 0 radical (unpaired) electrons. The molecular weight excluding hydrogens is 278 g/mol. The molecule has 0 unspecified atom stereocenters. The molecule has 1 N–H and O–H groups in total. The number of nitrogens with zero attached hydrogens (tertiary/aromatic N) is 2.